The Morgan fingerprint density at radius 2 is 1.81 bits per heavy atom. The molecule has 6 nitrogen and oxygen atoms in total. The minimum atomic E-state index is -3.28. The minimum absolute atomic E-state index is 0.487. The van der Waals surface area contributed by atoms with Gasteiger partial charge in [-0.2, -0.15) is 17.0 Å². The first-order valence-corrected chi connectivity index (χ1v) is 9.50. The molecule has 0 amide bonds. The van der Waals surface area contributed by atoms with Crippen LogP contribution in [0.4, 0.5) is 0 Å². The van der Waals surface area contributed by atoms with Crippen molar-refractivity contribution in [2.75, 3.05) is 46.3 Å². The summed E-state index contributed by atoms with van der Waals surface area (Å²) in [7, 11) is -1.59. The SMILES string of the molecule is CC(C)N1CCN(S(=O)(=O)N(C)CCCNC2CC2)CC1. The number of nitrogens with one attached hydrogen (secondary N) is 1. The van der Waals surface area contributed by atoms with E-state index in [1.165, 1.54) is 17.1 Å². The van der Waals surface area contributed by atoms with E-state index in [1.807, 2.05) is 0 Å². The molecule has 7 heteroatoms. The fourth-order valence-corrected chi connectivity index (χ4v) is 4.04. The molecule has 124 valence electrons. The predicted octanol–water partition coefficient (Wildman–Crippen LogP) is 0.331. The van der Waals surface area contributed by atoms with Crippen molar-refractivity contribution in [1.29, 1.82) is 0 Å². The summed E-state index contributed by atoms with van der Waals surface area (Å²) < 4.78 is 28.2. The van der Waals surface area contributed by atoms with Gasteiger partial charge in [-0.3, -0.25) is 4.90 Å². The monoisotopic (exact) mass is 318 g/mol. The molecule has 1 saturated carbocycles. The average Bonchev–Trinajstić information content (AvgIpc) is 3.27. The zero-order valence-corrected chi connectivity index (χ0v) is 14.4. The van der Waals surface area contributed by atoms with Gasteiger partial charge in [0.2, 0.25) is 0 Å². The lowest BCUT2D eigenvalue weighted by atomic mass is 10.3. The highest BCUT2D eigenvalue weighted by Crippen LogP contribution is 2.18. The van der Waals surface area contributed by atoms with Gasteiger partial charge in [-0.1, -0.05) is 0 Å². The van der Waals surface area contributed by atoms with Gasteiger partial charge in [0.1, 0.15) is 0 Å². The lowest BCUT2D eigenvalue weighted by Gasteiger charge is -2.37. The summed E-state index contributed by atoms with van der Waals surface area (Å²) in [5.41, 5.74) is 0. The van der Waals surface area contributed by atoms with Crippen LogP contribution in [0.1, 0.15) is 33.1 Å². The van der Waals surface area contributed by atoms with Gasteiger partial charge < -0.3 is 5.32 Å². The van der Waals surface area contributed by atoms with Gasteiger partial charge in [0.25, 0.3) is 10.2 Å². The van der Waals surface area contributed by atoms with Crippen LogP contribution in [0.15, 0.2) is 0 Å². The number of rotatable bonds is 8. The Balaban J connectivity index is 1.74. The maximum absolute atomic E-state index is 12.5. The van der Waals surface area contributed by atoms with Crippen molar-refractivity contribution >= 4 is 10.2 Å². The van der Waals surface area contributed by atoms with E-state index < -0.39 is 10.2 Å². The van der Waals surface area contributed by atoms with Crippen LogP contribution >= 0.6 is 0 Å². The van der Waals surface area contributed by atoms with Crippen molar-refractivity contribution < 1.29 is 8.42 Å². The molecule has 1 aliphatic carbocycles. The maximum atomic E-state index is 12.5. The van der Waals surface area contributed by atoms with Crippen LogP contribution in [0, 0.1) is 0 Å². The molecule has 0 radical (unpaired) electrons. The maximum Gasteiger partial charge on any atom is 0.281 e. The fraction of sp³-hybridized carbons (Fsp3) is 1.00. The van der Waals surface area contributed by atoms with Crippen LogP contribution in [0.2, 0.25) is 0 Å². The molecule has 0 spiro atoms. The van der Waals surface area contributed by atoms with E-state index in [-0.39, 0.29) is 0 Å². The number of hydrogen-bond acceptors (Lipinski definition) is 4. The summed E-state index contributed by atoms with van der Waals surface area (Å²) in [4.78, 5) is 2.32. The molecule has 0 aromatic carbocycles. The molecule has 0 atom stereocenters. The number of piperazine rings is 1. The highest BCUT2D eigenvalue weighted by Gasteiger charge is 2.30. The predicted molar refractivity (Wildman–Crippen MR) is 85.5 cm³/mol. The summed E-state index contributed by atoms with van der Waals surface area (Å²) in [6.45, 7) is 8.67. The van der Waals surface area contributed by atoms with Gasteiger partial charge in [-0.25, -0.2) is 0 Å². The van der Waals surface area contributed by atoms with Crippen LogP contribution in [-0.2, 0) is 10.2 Å². The van der Waals surface area contributed by atoms with E-state index in [2.05, 4.69) is 24.1 Å². The third-order valence-corrected chi connectivity index (χ3v) is 6.37. The van der Waals surface area contributed by atoms with Gasteiger partial charge in [0.05, 0.1) is 0 Å². The summed E-state index contributed by atoms with van der Waals surface area (Å²) in [5, 5.41) is 3.42. The van der Waals surface area contributed by atoms with Gasteiger partial charge in [-0.05, 0) is 39.7 Å². The van der Waals surface area contributed by atoms with E-state index >= 15 is 0 Å². The van der Waals surface area contributed by atoms with Crippen molar-refractivity contribution in [2.45, 2.75) is 45.2 Å². The molecule has 0 bridgehead atoms. The molecule has 1 heterocycles. The van der Waals surface area contributed by atoms with Crippen LogP contribution in [-0.4, -0.2) is 80.3 Å². The molecule has 0 unspecified atom stereocenters. The third kappa shape index (κ3) is 4.89. The zero-order valence-electron chi connectivity index (χ0n) is 13.6. The molecule has 1 aliphatic heterocycles. The summed E-state index contributed by atoms with van der Waals surface area (Å²) in [6, 6.07) is 1.18. The Morgan fingerprint density at radius 1 is 1.19 bits per heavy atom. The quantitative estimate of drug-likeness (QED) is 0.656. The van der Waals surface area contributed by atoms with Crippen molar-refractivity contribution in [2.24, 2.45) is 0 Å². The van der Waals surface area contributed by atoms with Crippen molar-refractivity contribution in [1.82, 2.24) is 18.8 Å². The van der Waals surface area contributed by atoms with E-state index in [0.29, 0.717) is 31.7 Å². The molecule has 0 aromatic rings. The molecular weight excluding hydrogens is 288 g/mol. The molecule has 1 N–H and O–H groups in total. The Morgan fingerprint density at radius 3 is 2.33 bits per heavy atom. The zero-order chi connectivity index (χ0) is 15.5. The summed E-state index contributed by atoms with van der Waals surface area (Å²) >= 11 is 0. The second-order valence-electron chi connectivity index (χ2n) is 6.44. The van der Waals surface area contributed by atoms with Gasteiger partial charge in [0.15, 0.2) is 0 Å². The molecule has 2 aliphatic rings. The molecule has 2 fully saturated rings. The van der Waals surface area contributed by atoms with E-state index in [4.69, 9.17) is 0 Å². The van der Waals surface area contributed by atoms with Crippen LogP contribution < -0.4 is 5.32 Å². The van der Waals surface area contributed by atoms with Gasteiger partial charge >= 0.3 is 0 Å². The third-order valence-electron chi connectivity index (χ3n) is 4.38. The highest BCUT2D eigenvalue weighted by atomic mass is 32.2. The largest absolute Gasteiger partial charge is 0.314 e. The topological polar surface area (TPSA) is 55.9 Å². The normalized spacial score (nSPS) is 22.3. The Kier molecular flexibility index (Phi) is 6.02. The Bertz CT molecular complexity index is 415. The molecular formula is C14H30N4O2S. The van der Waals surface area contributed by atoms with Crippen LogP contribution in [0.3, 0.4) is 0 Å². The first-order valence-electron chi connectivity index (χ1n) is 8.10. The van der Waals surface area contributed by atoms with Crippen molar-refractivity contribution in [3.05, 3.63) is 0 Å². The van der Waals surface area contributed by atoms with E-state index in [1.54, 1.807) is 11.4 Å². The van der Waals surface area contributed by atoms with Crippen LogP contribution in [0.25, 0.3) is 0 Å². The minimum Gasteiger partial charge on any atom is -0.314 e. The standard InChI is InChI=1S/C14H30N4O2S/c1-13(2)17-9-11-18(12-10-17)21(19,20)16(3)8-4-7-15-14-5-6-14/h13-15H,4-12H2,1-3H3. The summed E-state index contributed by atoms with van der Waals surface area (Å²) in [6.07, 6.45) is 3.42. The second-order valence-corrected chi connectivity index (χ2v) is 8.48. The smallest absolute Gasteiger partial charge is 0.281 e. The lowest BCUT2D eigenvalue weighted by Crippen LogP contribution is -2.53. The fourth-order valence-electron chi connectivity index (χ4n) is 2.66. The Hall–Kier alpha value is -0.210. The molecule has 1 saturated heterocycles. The van der Waals surface area contributed by atoms with Crippen LogP contribution in [0.5, 0.6) is 0 Å². The van der Waals surface area contributed by atoms with Gasteiger partial charge in [-0.15, -0.1) is 0 Å². The molecule has 21 heavy (non-hydrogen) atoms. The number of nitrogens with zero attached hydrogens (tertiary/aromatic N) is 3. The Labute approximate surface area is 129 Å². The van der Waals surface area contributed by atoms with E-state index in [0.717, 1.165) is 26.1 Å². The molecule has 2 rings (SSSR count). The summed E-state index contributed by atoms with van der Waals surface area (Å²) in [5.74, 6) is 0. The average molecular weight is 318 g/mol. The van der Waals surface area contributed by atoms with Gasteiger partial charge in [0, 0.05) is 51.9 Å². The molecule has 0 aromatic heterocycles. The highest BCUT2D eigenvalue weighted by molar-refractivity contribution is 7.86. The lowest BCUT2D eigenvalue weighted by molar-refractivity contribution is 0.150. The number of hydrogen-bond donors (Lipinski definition) is 1. The van der Waals surface area contributed by atoms with Crippen molar-refractivity contribution in [3.8, 4) is 0 Å². The van der Waals surface area contributed by atoms with E-state index in [9.17, 15) is 8.42 Å². The first kappa shape index (κ1) is 17.1. The second kappa shape index (κ2) is 7.37. The first-order chi connectivity index (χ1) is 9.91. The van der Waals surface area contributed by atoms with Crippen molar-refractivity contribution in [3.63, 3.8) is 0 Å².